The molecule has 1 fully saturated rings. The van der Waals surface area contributed by atoms with Gasteiger partial charge in [0.05, 0.1) is 6.04 Å². The lowest BCUT2D eigenvalue weighted by Gasteiger charge is -2.28. The number of carbonyl (C=O) groups excluding carboxylic acids is 2. The minimum absolute atomic E-state index is 0.240. The largest absolute Gasteiger partial charge is 0.386 e. The summed E-state index contributed by atoms with van der Waals surface area (Å²) in [6.07, 6.45) is 1.14. The van der Waals surface area contributed by atoms with Gasteiger partial charge in [0.25, 0.3) is 5.91 Å². The second kappa shape index (κ2) is 10.9. The molecular weight excluding hydrogens is 455 g/mol. The van der Waals surface area contributed by atoms with Crippen LogP contribution in [0.2, 0.25) is 5.02 Å². The summed E-state index contributed by atoms with van der Waals surface area (Å²) in [5.74, 6) is -1.77. The molecule has 1 amide bonds. The number of halogens is 2. The van der Waals surface area contributed by atoms with E-state index in [-0.39, 0.29) is 11.4 Å². The molecule has 0 saturated carbocycles. The lowest BCUT2D eigenvalue weighted by atomic mass is 10.00. The molecule has 1 aliphatic rings. The first-order valence-electron chi connectivity index (χ1n) is 11.3. The predicted octanol–water partition coefficient (Wildman–Crippen LogP) is 4.64. The molecule has 3 aromatic rings. The molecule has 34 heavy (non-hydrogen) atoms. The Labute approximate surface area is 203 Å². The van der Waals surface area contributed by atoms with Crippen LogP contribution in [-0.2, 0) is 4.79 Å². The summed E-state index contributed by atoms with van der Waals surface area (Å²) in [5, 5.41) is 14.3. The monoisotopic (exact) mass is 480 g/mol. The maximum Gasteiger partial charge on any atom is 0.292 e. The molecule has 3 aromatic carbocycles. The van der Waals surface area contributed by atoms with Crippen LogP contribution in [0.3, 0.4) is 0 Å². The average molecular weight is 481 g/mol. The van der Waals surface area contributed by atoms with E-state index in [4.69, 9.17) is 11.6 Å². The Balaban J connectivity index is 1.47. The van der Waals surface area contributed by atoms with E-state index < -0.39 is 23.8 Å². The molecule has 0 aliphatic carbocycles. The van der Waals surface area contributed by atoms with Crippen molar-refractivity contribution in [1.82, 2.24) is 10.2 Å². The quantitative estimate of drug-likeness (QED) is 0.364. The van der Waals surface area contributed by atoms with Crippen LogP contribution in [0.5, 0.6) is 0 Å². The first-order valence-corrected chi connectivity index (χ1v) is 11.7. The molecule has 7 heteroatoms. The average Bonchev–Trinajstić information content (AvgIpc) is 3.37. The van der Waals surface area contributed by atoms with E-state index in [0.29, 0.717) is 17.1 Å². The van der Waals surface area contributed by atoms with Gasteiger partial charge in [0.15, 0.2) is 0 Å². The summed E-state index contributed by atoms with van der Waals surface area (Å²) >= 11 is 5.96. The molecule has 0 bridgehead atoms. The predicted molar refractivity (Wildman–Crippen MR) is 130 cm³/mol. The highest BCUT2D eigenvalue weighted by molar-refractivity contribution is 6.42. The smallest absolute Gasteiger partial charge is 0.292 e. The number of amides is 1. The first kappa shape index (κ1) is 24.1. The molecule has 176 valence electrons. The summed E-state index contributed by atoms with van der Waals surface area (Å²) in [6, 6.07) is 18.8. The number of ketones is 1. The lowest BCUT2D eigenvalue weighted by Crippen LogP contribution is -2.48. The highest BCUT2D eigenvalue weighted by Crippen LogP contribution is 2.23. The van der Waals surface area contributed by atoms with Gasteiger partial charge in [-0.2, -0.15) is 0 Å². The second-order valence-corrected chi connectivity index (χ2v) is 8.93. The zero-order valence-electron chi connectivity index (χ0n) is 18.6. The molecule has 1 heterocycles. The topological polar surface area (TPSA) is 69.6 Å². The van der Waals surface area contributed by atoms with Gasteiger partial charge in [-0.1, -0.05) is 60.1 Å². The molecule has 1 aliphatic heterocycles. The van der Waals surface area contributed by atoms with Gasteiger partial charge in [0.2, 0.25) is 5.78 Å². The van der Waals surface area contributed by atoms with Crippen LogP contribution < -0.4 is 5.32 Å². The van der Waals surface area contributed by atoms with Crippen LogP contribution in [0.25, 0.3) is 11.1 Å². The Morgan fingerprint density at radius 2 is 1.47 bits per heavy atom. The summed E-state index contributed by atoms with van der Waals surface area (Å²) in [4.78, 5) is 27.9. The second-order valence-electron chi connectivity index (χ2n) is 8.50. The highest BCUT2D eigenvalue weighted by Gasteiger charge is 2.29. The zero-order chi connectivity index (χ0) is 24.1. The molecule has 0 aromatic heterocycles. The van der Waals surface area contributed by atoms with Gasteiger partial charge in [0.1, 0.15) is 11.9 Å². The van der Waals surface area contributed by atoms with Gasteiger partial charge in [-0.25, -0.2) is 4.39 Å². The van der Waals surface area contributed by atoms with Gasteiger partial charge in [-0.15, -0.1) is 0 Å². The number of Topliss-reactive ketones (excluding diaryl/α,β-unsaturated/α-hetero) is 1. The Bertz CT molecular complexity index is 1130. The van der Waals surface area contributed by atoms with Crippen LogP contribution in [0.4, 0.5) is 4.39 Å². The van der Waals surface area contributed by atoms with E-state index in [9.17, 15) is 19.1 Å². The number of rotatable bonds is 8. The number of likely N-dealkylation sites (tertiary alicyclic amines) is 1. The van der Waals surface area contributed by atoms with Crippen LogP contribution in [-0.4, -0.2) is 47.4 Å². The molecule has 2 atom stereocenters. The van der Waals surface area contributed by atoms with E-state index in [1.807, 2.05) is 0 Å². The third kappa shape index (κ3) is 5.89. The molecule has 2 N–H and O–H groups in total. The molecule has 4 rings (SSSR count). The van der Waals surface area contributed by atoms with Crippen molar-refractivity contribution in [2.45, 2.75) is 25.0 Å². The van der Waals surface area contributed by atoms with Crippen molar-refractivity contribution in [2.24, 2.45) is 0 Å². The van der Waals surface area contributed by atoms with Crippen molar-refractivity contribution in [2.75, 3.05) is 19.6 Å². The Kier molecular flexibility index (Phi) is 7.73. The number of aliphatic hydroxyl groups is 1. The van der Waals surface area contributed by atoms with Crippen LogP contribution >= 0.6 is 11.6 Å². The van der Waals surface area contributed by atoms with E-state index in [1.165, 1.54) is 12.1 Å². The van der Waals surface area contributed by atoms with E-state index >= 15 is 0 Å². The Morgan fingerprint density at radius 1 is 0.912 bits per heavy atom. The fraction of sp³-hybridized carbons (Fsp3) is 0.259. The fourth-order valence-electron chi connectivity index (χ4n) is 4.18. The normalized spacial score (nSPS) is 15.6. The number of hydrogen-bond donors (Lipinski definition) is 2. The fourth-order valence-corrected chi connectivity index (χ4v) is 4.31. The number of nitrogens with zero attached hydrogens (tertiary/aromatic N) is 1. The minimum Gasteiger partial charge on any atom is -0.386 e. The van der Waals surface area contributed by atoms with Crippen molar-refractivity contribution < 1.29 is 19.1 Å². The molecule has 1 saturated heterocycles. The number of hydrogen-bond acceptors (Lipinski definition) is 4. The number of aliphatic hydroxyl groups excluding tert-OH is 1. The van der Waals surface area contributed by atoms with Gasteiger partial charge in [0, 0.05) is 17.1 Å². The summed E-state index contributed by atoms with van der Waals surface area (Å²) in [5.41, 5.74) is 2.47. The third-order valence-electron chi connectivity index (χ3n) is 6.09. The van der Waals surface area contributed by atoms with Gasteiger partial charge in [-0.05, 0) is 66.9 Å². The Morgan fingerprint density at radius 3 is 2.06 bits per heavy atom. The molecule has 0 unspecified atom stereocenters. The molecule has 5 nitrogen and oxygen atoms in total. The molecule has 0 spiro atoms. The van der Waals surface area contributed by atoms with Crippen LogP contribution in [0.1, 0.15) is 34.9 Å². The SMILES string of the molecule is O=C(N[C@H](CN1CCCC1)[C@H](O)c1ccc(Cl)cc1)C(=O)c1ccc(-c2ccc(F)cc2)cc1. The van der Waals surface area contributed by atoms with Crippen LogP contribution in [0, 0.1) is 5.82 Å². The molecular formula is C27H26ClFN2O3. The standard InChI is InChI=1S/C27H26ClFN2O3/c28-22-11-7-20(8-12-22)25(32)24(17-31-15-1-2-16-31)30-27(34)26(33)21-5-3-18(4-6-21)19-9-13-23(29)14-10-19/h3-14,24-25,32H,1-2,15-17H2,(H,30,34)/t24-,25-/m1/s1. The number of benzene rings is 3. The number of carbonyl (C=O) groups is 2. The van der Waals surface area contributed by atoms with E-state index in [1.54, 1.807) is 60.7 Å². The van der Waals surface area contributed by atoms with Crippen molar-refractivity contribution in [3.8, 4) is 11.1 Å². The summed E-state index contributed by atoms with van der Waals surface area (Å²) < 4.78 is 13.2. The Hall–Kier alpha value is -3.06. The van der Waals surface area contributed by atoms with Gasteiger partial charge < -0.3 is 15.3 Å². The van der Waals surface area contributed by atoms with Crippen molar-refractivity contribution in [3.05, 3.63) is 94.8 Å². The third-order valence-corrected chi connectivity index (χ3v) is 6.35. The van der Waals surface area contributed by atoms with Crippen molar-refractivity contribution in [3.63, 3.8) is 0 Å². The van der Waals surface area contributed by atoms with Gasteiger partial charge in [-0.3, -0.25) is 9.59 Å². The van der Waals surface area contributed by atoms with E-state index in [0.717, 1.165) is 37.1 Å². The van der Waals surface area contributed by atoms with Crippen molar-refractivity contribution in [1.29, 1.82) is 0 Å². The maximum absolute atomic E-state index is 13.2. The lowest BCUT2D eigenvalue weighted by molar-refractivity contribution is -0.118. The first-order chi connectivity index (χ1) is 16.4. The van der Waals surface area contributed by atoms with Crippen LogP contribution in [0.15, 0.2) is 72.8 Å². The summed E-state index contributed by atoms with van der Waals surface area (Å²) in [6.45, 7) is 2.21. The minimum atomic E-state index is -0.990. The van der Waals surface area contributed by atoms with Crippen molar-refractivity contribution >= 4 is 23.3 Å². The zero-order valence-corrected chi connectivity index (χ0v) is 19.3. The van der Waals surface area contributed by atoms with E-state index in [2.05, 4.69) is 10.2 Å². The maximum atomic E-state index is 13.2. The van der Waals surface area contributed by atoms with Gasteiger partial charge >= 0.3 is 0 Å². The molecule has 0 radical (unpaired) electrons. The summed E-state index contributed by atoms with van der Waals surface area (Å²) in [7, 11) is 0. The highest BCUT2D eigenvalue weighted by atomic mass is 35.5. The number of nitrogens with one attached hydrogen (secondary N) is 1.